The minimum absolute atomic E-state index is 0.265. The van der Waals surface area contributed by atoms with Crippen LogP contribution in [0, 0.1) is 17.1 Å². The molecule has 18 heavy (non-hydrogen) atoms. The average molecular weight is 241 g/mol. The molecule has 0 fully saturated rings. The van der Waals surface area contributed by atoms with E-state index in [0.29, 0.717) is 11.3 Å². The molecule has 0 saturated heterocycles. The molecule has 0 amide bonds. The van der Waals surface area contributed by atoms with Gasteiger partial charge < -0.3 is 4.74 Å². The second kappa shape index (κ2) is 5.11. The number of carbonyl (C=O) groups is 1. The van der Waals surface area contributed by atoms with Crippen LogP contribution in [0.15, 0.2) is 48.5 Å². The molecular weight excluding hydrogens is 233 g/mol. The first kappa shape index (κ1) is 11.8. The van der Waals surface area contributed by atoms with Crippen LogP contribution in [0.2, 0.25) is 0 Å². The fraction of sp³-hybridized carbons (Fsp3) is 0. The highest BCUT2D eigenvalue weighted by atomic mass is 19.1. The first-order chi connectivity index (χ1) is 8.69. The molecule has 0 bridgehead atoms. The molecule has 0 radical (unpaired) electrons. The predicted octanol–water partition coefficient (Wildman–Crippen LogP) is 2.92. The molecule has 2 rings (SSSR count). The van der Waals surface area contributed by atoms with Crippen LogP contribution in [0.25, 0.3) is 0 Å². The van der Waals surface area contributed by atoms with E-state index in [-0.39, 0.29) is 5.56 Å². The number of rotatable bonds is 2. The van der Waals surface area contributed by atoms with Crippen molar-refractivity contribution in [1.29, 1.82) is 5.26 Å². The van der Waals surface area contributed by atoms with Gasteiger partial charge in [-0.2, -0.15) is 5.26 Å². The van der Waals surface area contributed by atoms with Gasteiger partial charge >= 0.3 is 5.97 Å². The number of benzene rings is 2. The average Bonchev–Trinajstić information content (AvgIpc) is 2.40. The molecule has 0 unspecified atom stereocenters. The third-order valence-electron chi connectivity index (χ3n) is 2.27. The number of hydrogen-bond donors (Lipinski definition) is 0. The molecule has 0 aliphatic heterocycles. The van der Waals surface area contributed by atoms with E-state index in [1.807, 2.05) is 6.07 Å². The zero-order chi connectivity index (χ0) is 13.0. The molecule has 0 saturated carbocycles. The summed E-state index contributed by atoms with van der Waals surface area (Å²) in [5.74, 6) is -0.645. The number of nitriles is 1. The van der Waals surface area contributed by atoms with E-state index in [0.717, 1.165) is 0 Å². The second-order valence-corrected chi connectivity index (χ2v) is 3.53. The van der Waals surface area contributed by atoms with E-state index in [9.17, 15) is 9.18 Å². The number of esters is 1. The molecule has 2 aromatic rings. The third-order valence-corrected chi connectivity index (χ3v) is 2.27. The Morgan fingerprint density at radius 2 is 1.67 bits per heavy atom. The lowest BCUT2D eigenvalue weighted by molar-refractivity contribution is 0.0734. The lowest BCUT2D eigenvalue weighted by Crippen LogP contribution is -2.08. The largest absolute Gasteiger partial charge is 0.423 e. The van der Waals surface area contributed by atoms with Crippen LogP contribution in [-0.4, -0.2) is 5.97 Å². The molecule has 88 valence electrons. The molecule has 0 heterocycles. The molecule has 3 nitrogen and oxygen atoms in total. The van der Waals surface area contributed by atoms with Crippen LogP contribution in [-0.2, 0) is 0 Å². The fourth-order valence-electron chi connectivity index (χ4n) is 1.35. The van der Waals surface area contributed by atoms with Gasteiger partial charge in [-0.3, -0.25) is 0 Å². The molecular formula is C14H8FNO2. The Morgan fingerprint density at radius 3 is 2.22 bits per heavy atom. The quantitative estimate of drug-likeness (QED) is 0.600. The van der Waals surface area contributed by atoms with E-state index in [4.69, 9.17) is 10.00 Å². The summed E-state index contributed by atoms with van der Waals surface area (Å²) in [6.07, 6.45) is 0. The lowest BCUT2D eigenvalue weighted by atomic mass is 10.2. The standard InChI is InChI=1S/C14H8FNO2/c15-12-5-3-11(4-6-12)14(17)18-13-7-1-10(9-16)2-8-13/h1-8H. The van der Waals surface area contributed by atoms with Crippen molar-refractivity contribution in [3.8, 4) is 11.8 Å². The van der Waals surface area contributed by atoms with Gasteiger partial charge in [0.25, 0.3) is 0 Å². The Kier molecular flexibility index (Phi) is 3.35. The minimum Gasteiger partial charge on any atom is -0.423 e. The van der Waals surface area contributed by atoms with Gasteiger partial charge in [0.2, 0.25) is 0 Å². The fourth-order valence-corrected chi connectivity index (χ4v) is 1.35. The second-order valence-electron chi connectivity index (χ2n) is 3.53. The molecule has 0 N–H and O–H groups in total. The number of halogens is 1. The molecule has 0 spiro atoms. The van der Waals surface area contributed by atoms with Crippen molar-refractivity contribution in [1.82, 2.24) is 0 Å². The van der Waals surface area contributed by atoms with Gasteiger partial charge in [0.1, 0.15) is 11.6 Å². The van der Waals surface area contributed by atoms with Crippen LogP contribution >= 0.6 is 0 Å². The number of ether oxygens (including phenoxy) is 1. The summed E-state index contributed by atoms with van der Waals surface area (Å²) in [6.45, 7) is 0. The molecule has 0 aromatic heterocycles. The normalized spacial score (nSPS) is 9.56. The highest BCUT2D eigenvalue weighted by molar-refractivity contribution is 5.90. The van der Waals surface area contributed by atoms with Crippen molar-refractivity contribution in [2.75, 3.05) is 0 Å². The van der Waals surface area contributed by atoms with Gasteiger partial charge in [-0.05, 0) is 48.5 Å². The summed E-state index contributed by atoms with van der Waals surface area (Å²) < 4.78 is 17.7. The van der Waals surface area contributed by atoms with Crippen molar-refractivity contribution in [2.24, 2.45) is 0 Å². The Morgan fingerprint density at radius 1 is 1.06 bits per heavy atom. The summed E-state index contributed by atoms with van der Waals surface area (Å²) in [6, 6.07) is 13.2. The Hall–Kier alpha value is -2.67. The van der Waals surface area contributed by atoms with Crippen molar-refractivity contribution in [2.45, 2.75) is 0 Å². The monoisotopic (exact) mass is 241 g/mol. The van der Waals surface area contributed by atoms with Gasteiger partial charge in [0, 0.05) is 0 Å². The summed E-state index contributed by atoms with van der Waals surface area (Å²) in [5.41, 5.74) is 0.748. The van der Waals surface area contributed by atoms with Crippen molar-refractivity contribution >= 4 is 5.97 Å². The van der Waals surface area contributed by atoms with Crippen LogP contribution in [0.4, 0.5) is 4.39 Å². The van der Waals surface area contributed by atoms with Gasteiger partial charge in [0.05, 0.1) is 17.2 Å². The maximum absolute atomic E-state index is 12.7. The lowest BCUT2D eigenvalue weighted by Gasteiger charge is -2.03. The van der Waals surface area contributed by atoms with E-state index >= 15 is 0 Å². The number of hydrogen-bond acceptors (Lipinski definition) is 3. The van der Waals surface area contributed by atoms with Crippen LogP contribution < -0.4 is 4.74 Å². The molecule has 2 aromatic carbocycles. The first-order valence-electron chi connectivity index (χ1n) is 5.17. The summed E-state index contributed by atoms with van der Waals surface area (Å²) in [7, 11) is 0. The summed E-state index contributed by atoms with van der Waals surface area (Å²) in [4.78, 5) is 11.7. The Bertz CT molecular complexity index is 597. The number of nitrogens with zero attached hydrogens (tertiary/aromatic N) is 1. The van der Waals surface area contributed by atoms with E-state index in [1.54, 1.807) is 12.1 Å². The SMILES string of the molecule is N#Cc1ccc(OC(=O)c2ccc(F)cc2)cc1. The van der Waals surface area contributed by atoms with Crippen LogP contribution in [0.3, 0.4) is 0 Å². The van der Waals surface area contributed by atoms with E-state index in [1.165, 1.54) is 36.4 Å². The van der Waals surface area contributed by atoms with E-state index < -0.39 is 11.8 Å². The van der Waals surface area contributed by atoms with Gasteiger partial charge in [-0.1, -0.05) is 0 Å². The van der Waals surface area contributed by atoms with Crippen molar-refractivity contribution in [3.63, 3.8) is 0 Å². The summed E-state index contributed by atoms with van der Waals surface area (Å²) >= 11 is 0. The number of carbonyl (C=O) groups excluding carboxylic acids is 1. The summed E-state index contributed by atoms with van der Waals surface area (Å²) in [5, 5.41) is 8.62. The maximum Gasteiger partial charge on any atom is 0.343 e. The topological polar surface area (TPSA) is 50.1 Å². The minimum atomic E-state index is -0.570. The zero-order valence-electron chi connectivity index (χ0n) is 9.26. The van der Waals surface area contributed by atoms with Crippen molar-refractivity contribution in [3.05, 3.63) is 65.5 Å². The van der Waals surface area contributed by atoms with Gasteiger partial charge in [-0.25, -0.2) is 9.18 Å². The molecule has 4 heteroatoms. The Labute approximate surface area is 103 Å². The molecule has 0 aliphatic carbocycles. The van der Waals surface area contributed by atoms with Crippen LogP contribution in [0.1, 0.15) is 15.9 Å². The predicted molar refractivity (Wildman–Crippen MR) is 62.5 cm³/mol. The smallest absolute Gasteiger partial charge is 0.343 e. The van der Waals surface area contributed by atoms with Gasteiger partial charge in [-0.15, -0.1) is 0 Å². The zero-order valence-corrected chi connectivity index (χ0v) is 9.26. The Balaban J connectivity index is 2.11. The highest BCUT2D eigenvalue weighted by Crippen LogP contribution is 2.14. The van der Waals surface area contributed by atoms with Crippen LogP contribution in [0.5, 0.6) is 5.75 Å². The third kappa shape index (κ3) is 2.71. The molecule has 0 atom stereocenters. The highest BCUT2D eigenvalue weighted by Gasteiger charge is 2.08. The van der Waals surface area contributed by atoms with Crippen molar-refractivity contribution < 1.29 is 13.9 Å². The molecule has 0 aliphatic rings. The van der Waals surface area contributed by atoms with Gasteiger partial charge in [0.15, 0.2) is 0 Å². The maximum atomic E-state index is 12.7. The first-order valence-corrected chi connectivity index (χ1v) is 5.17. The van der Waals surface area contributed by atoms with E-state index in [2.05, 4.69) is 0 Å².